The van der Waals surface area contributed by atoms with Crippen molar-refractivity contribution in [3.05, 3.63) is 35.9 Å². The molecule has 0 radical (unpaired) electrons. The molecule has 2 aliphatic heterocycles. The van der Waals surface area contributed by atoms with E-state index in [2.05, 4.69) is 5.32 Å². The molecule has 2 unspecified atom stereocenters. The second kappa shape index (κ2) is 11.6. The molecule has 0 aromatic heterocycles. The molecule has 1 aromatic carbocycles. The number of rotatable bonds is 9. The third kappa shape index (κ3) is 7.16. The lowest BCUT2D eigenvalue weighted by molar-refractivity contribution is -0.226. The van der Waals surface area contributed by atoms with Gasteiger partial charge < -0.3 is 33.7 Å². The van der Waals surface area contributed by atoms with E-state index in [4.69, 9.17) is 28.4 Å². The van der Waals surface area contributed by atoms with Crippen LogP contribution in [0, 0.1) is 0 Å². The van der Waals surface area contributed by atoms with Gasteiger partial charge in [-0.3, -0.25) is 0 Å². The molecule has 2 saturated heterocycles. The molecule has 1 aromatic rings. The highest BCUT2D eigenvalue weighted by Gasteiger charge is 2.46. The molecule has 1 amide bonds. The summed E-state index contributed by atoms with van der Waals surface area (Å²) >= 11 is 0. The van der Waals surface area contributed by atoms with Gasteiger partial charge in [-0.25, -0.2) is 9.59 Å². The van der Waals surface area contributed by atoms with Gasteiger partial charge in [-0.05, 0) is 45.6 Å². The van der Waals surface area contributed by atoms with Crippen LogP contribution in [0.15, 0.2) is 30.3 Å². The predicted molar refractivity (Wildman–Crippen MR) is 114 cm³/mol. The molecule has 2 aliphatic rings. The molecule has 9 heteroatoms. The van der Waals surface area contributed by atoms with Crippen molar-refractivity contribution in [2.75, 3.05) is 19.8 Å². The third-order valence-electron chi connectivity index (χ3n) is 5.20. The fraction of sp³-hybridized carbons (Fsp3) is 0.652. The van der Waals surface area contributed by atoms with Gasteiger partial charge in [0.15, 0.2) is 18.1 Å². The fourth-order valence-electron chi connectivity index (χ4n) is 3.65. The highest BCUT2D eigenvalue weighted by Crippen LogP contribution is 2.29. The lowest BCUT2D eigenvalue weighted by Crippen LogP contribution is -2.57. The summed E-state index contributed by atoms with van der Waals surface area (Å²) in [5.41, 5.74) is 0.827. The van der Waals surface area contributed by atoms with Gasteiger partial charge in [-0.15, -0.1) is 0 Å². The first kappa shape index (κ1) is 24.4. The average molecular weight is 452 g/mol. The number of hydrogen-bond donors (Lipinski definition) is 1. The Labute approximate surface area is 188 Å². The smallest absolute Gasteiger partial charge is 0.408 e. The van der Waals surface area contributed by atoms with Gasteiger partial charge >= 0.3 is 12.1 Å². The Hall–Kier alpha value is -2.20. The standard InChI is InChI=1S/C23H33NO8/c1-4-27-21(25)19(24-22(26)29-14-16-10-6-5-7-11-16)20(17-15-30-23(2,3)32-17)31-18-12-8-9-13-28-18/h5-7,10-11,17-20H,4,8-9,12-15H2,1-3H3,(H,24,26)/t17-,18?,19?,20-/m1/s1. The molecular weight excluding hydrogens is 418 g/mol. The molecular formula is C23H33NO8. The van der Waals surface area contributed by atoms with Crippen LogP contribution in [0.3, 0.4) is 0 Å². The summed E-state index contributed by atoms with van der Waals surface area (Å²) in [4.78, 5) is 25.4. The molecule has 178 valence electrons. The molecule has 1 N–H and O–H groups in total. The Kier molecular flexibility index (Phi) is 8.86. The molecule has 0 bridgehead atoms. The summed E-state index contributed by atoms with van der Waals surface area (Å²) in [7, 11) is 0. The number of nitrogens with one attached hydrogen (secondary N) is 1. The molecule has 0 aliphatic carbocycles. The predicted octanol–water partition coefficient (Wildman–Crippen LogP) is 2.91. The number of alkyl carbamates (subject to hydrolysis) is 1. The highest BCUT2D eigenvalue weighted by atomic mass is 16.8. The summed E-state index contributed by atoms with van der Waals surface area (Å²) in [5, 5.41) is 2.61. The van der Waals surface area contributed by atoms with Crippen LogP contribution in [0.25, 0.3) is 0 Å². The molecule has 4 atom stereocenters. The molecule has 32 heavy (non-hydrogen) atoms. The van der Waals surface area contributed by atoms with Gasteiger partial charge in [0, 0.05) is 6.61 Å². The summed E-state index contributed by atoms with van der Waals surface area (Å²) in [5.74, 6) is -1.48. The summed E-state index contributed by atoms with van der Waals surface area (Å²) in [6.07, 6.45) is -0.194. The van der Waals surface area contributed by atoms with Crippen molar-refractivity contribution in [3.8, 4) is 0 Å². The Bertz CT molecular complexity index is 735. The minimum absolute atomic E-state index is 0.0650. The highest BCUT2D eigenvalue weighted by molar-refractivity contribution is 5.82. The van der Waals surface area contributed by atoms with Crippen LogP contribution in [0.1, 0.15) is 45.6 Å². The van der Waals surface area contributed by atoms with Gasteiger partial charge in [0.25, 0.3) is 0 Å². The normalized spacial score (nSPS) is 24.3. The number of esters is 1. The quantitative estimate of drug-likeness (QED) is 0.572. The number of carbonyl (C=O) groups is 2. The van der Waals surface area contributed by atoms with Crippen LogP contribution >= 0.6 is 0 Å². The van der Waals surface area contributed by atoms with E-state index in [1.165, 1.54) is 0 Å². The topological polar surface area (TPSA) is 102 Å². The van der Waals surface area contributed by atoms with E-state index in [-0.39, 0.29) is 19.8 Å². The van der Waals surface area contributed by atoms with E-state index >= 15 is 0 Å². The maximum atomic E-state index is 12.8. The SMILES string of the molecule is CCOC(=O)C(NC(=O)OCc1ccccc1)[C@H](OC1CCCCO1)[C@H]1COC(C)(C)O1. The van der Waals surface area contributed by atoms with Crippen molar-refractivity contribution in [1.82, 2.24) is 5.32 Å². The van der Waals surface area contributed by atoms with Gasteiger partial charge in [0.2, 0.25) is 0 Å². The first-order chi connectivity index (χ1) is 15.4. The maximum absolute atomic E-state index is 12.8. The van der Waals surface area contributed by atoms with Gasteiger partial charge in [0.05, 0.1) is 13.2 Å². The Morgan fingerprint density at radius 3 is 2.59 bits per heavy atom. The minimum atomic E-state index is -1.16. The molecule has 9 nitrogen and oxygen atoms in total. The Balaban J connectivity index is 1.74. The zero-order chi connectivity index (χ0) is 23.0. The second-order valence-electron chi connectivity index (χ2n) is 8.20. The maximum Gasteiger partial charge on any atom is 0.408 e. The van der Waals surface area contributed by atoms with Crippen molar-refractivity contribution in [3.63, 3.8) is 0 Å². The van der Waals surface area contributed by atoms with Crippen LogP contribution in [-0.4, -0.2) is 62.2 Å². The van der Waals surface area contributed by atoms with E-state index in [9.17, 15) is 9.59 Å². The first-order valence-corrected chi connectivity index (χ1v) is 11.1. The first-order valence-electron chi connectivity index (χ1n) is 11.1. The Morgan fingerprint density at radius 1 is 1.19 bits per heavy atom. The van der Waals surface area contributed by atoms with E-state index in [1.807, 2.05) is 30.3 Å². The average Bonchev–Trinajstić information content (AvgIpc) is 3.15. The molecule has 3 rings (SSSR count). The van der Waals surface area contributed by atoms with Gasteiger partial charge in [-0.1, -0.05) is 30.3 Å². The molecule has 0 saturated carbocycles. The number of benzene rings is 1. The van der Waals surface area contributed by atoms with Gasteiger partial charge in [0.1, 0.15) is 18.8 Å². The van der Waals surface area contributed by atoms with Crippen LogP contribution < -0.4 is 5.32 Å². The van der Waals surface area contributed by atoms with Crippen LogP contribution in [-0.2, 0) is 39.8 Å². The minimum Gasteiger partial charge on any atom is -0.464 e. The van der Waals surface area contributed by atoms with E-state index in [0.29, 0.717) is 13.0 Å². The summed E-state index contributed by atoms with van der Waals surface area (Å²) < 4.78 is 34.1. The molecule has 2 fully saturated rings. The number of carbonyl (C=O) groups excluding carboxylic acids is 2. The van der Waals surface area contributed by atoms with Crippen molar-refractivity contribution in [2.45, 2.75) is 77.0 Å². The monoisotopic (exact) mass is 451 g/mol. The number of ether oxygens (including phenoxy) is 6. The van der Waals surface area contributed by atoms with E-state index < -0.39 is 42.4 Å². The summed E-state index contributed by atoms with van der Waals surface area (Å²) in [6.45, 7) is 6.24. The molecule has 0 spiro atoms. The number of amides is 1. The van der Waals surface area contributed by atoms with Crippen molar-refractivity contribution >= 4 is 12.1 Å². The lowest BCUT2D eigenvalue weighted by atomic mass is 10.1. The van der Waals surface area contributed by atoms with Crippen LogP contribution in [0.2, 0.25) is 0 Å². The zero-order valence-corrected chi connectivity index (χ0v) is 18.9. The van der Waals surface area contributed by atoms with E-state index in [0.717, 1.165) is 18.4 Å². The third-order valence-corrected chi connectivity index (χ3v) is 5.20. The second-order valence-corrected chi connectivity index (χ2v) is 8.20. The van der Waals surface area contributed by atoms with Crippen molar-refractivity contribution < 1.29 is 38.0 Å². The summed E-state index contributed by atoms with van der Waals surface area (Å²) in [6, 6.07) is 8.10. The van der Waals surface area contributed by atoms with E-state index in [1.54, 1.807) is 20.8 Å². The molecule has 2 heterocycles. The number of hydrogen-bond acceptors (Lipinski definition) is 8. The van der Waals surface area contributed by atoms with Crippen LogP contribution in [0.4, 0.5) is 4.79 Å². The van der Waals surface area contributed by atoms with Crippen molar-refractivity contribution in [1.29, 1.82) is 0 Å². The Morgan fingerprint density at radius 2 is 1.97 bits per heavy atom. The lowest BCUT2D eigenvalue weighted by Gasteiger charge is -2.34. The van der Waals surface area contributed by atoms with Gasteiger partial charge in [-0.2, -0.15) is 0 Å². The fourth-order valence-corrected chi connectivity index (χ4v) is 3.65. The largest absolute Gasteiger partial charge is 0.464 e. The zero-order valence-electron chi connectivity index (χ0n) is 18.9. The van der Waals surface area contributed by atoms with Crippen molar-refractivity contribution in [2.24, 2.45) is 0 Å². The van der Waals surface area contributed by atoms with Crippen LogP contribution in [0.5, 0.6) is 0 Å².